The maximum Gasteiger partial charge on any atom is 0.224 e. The Balaban J connectivity index is 1.88. The van der Waals surface area contributed by atoms with E-state index in [-0.39, 0.29) is 5.91 Å². The van der Waals surface area contributed by atoms with E-state index in [1.165, 1.54) is 0 Å². The highest BCUT2D eigenvalue weighted by molar-refractivity contribution is 5.90. The normalized spacial score (nSPS) is 10.5. The number of rotatable bonds is 4. The molecule has 3 aromatic rings. The Bertz CT molecular complexity index is 807. The number of nitrogens with one attached hydrogen (secondary N) is 1. The van der Waals surface area contributed by atoms with Crippen LogP contribution < -0.4 is 5.32 Å². The van der Waals surface area contributed by atoms with Crippen LogP contribution in [0.3, 0.4) is 0 Å². The first kappa shape index (κ1) is 15.0. The number of hydrogen-bond donors (Lipinski definition) is 1. The molecule has 0 aliphatic rings. The number of carbonyl (C=O) groups excluding carboxylic acids is 1. The van der Waals surface area contributed by atoms with Crippen LogP contribution in [0.4, 0.5) is 5.69 Å². The average Bonchev–Trinajstić information content (AvgIpc) is 2.98. The van der Waals surface area contributed by atoms with Crippen LogP contribution >= 0.6 is 0 Å². The van der Waals surface area contributed by atoms with E-state index in [0.717, 1.165) is 28.3 Å². The van der Waals surface area contributed by atoms with Gasteiger partial charge in [-0.05, 0) is 31.2 Å². The molecule has 0 radical (unpaired) electrons. The molecule has 1 amide bonds. The maximum atomic E-state index is 11.4. The van der Waals surface area contributed by atoms with E-state index in [0.29, 0.717) is 6.42 Å². The summed E-state index contributed by atoms with van der Waals surface area (Å²) in [5.41, 5.74) is 4.58. The predicted octanol–water partition coefficient (Wildman–Crippen LogP) is 3.59. The highest BCUT2D eigenvalue weighted by atomic mass is 16.1. The summed E-state index contributed by atoms with van der Waals surface area (Å²) in [4.78, 5) is 11.4. The molecule has 5 nitrogen and oxygen atoms in total. The summed E-state index contributed by atoms with van der Waals surface area (Å²) in [6.45, 7) is 3.82. The molecule has 0 spiro atoms. The number of nitrogens with zero attached hydrogens (tertiary/aromatic N) is 3. The highest BCUT2D eigenvalue weighted by Gasteiger charge is 2.11. The van der Waals surface area contributed by atoms with Gasteiger partial charge in [-0.1, -0.05) is 42.5 Å². The number of benzene rings is 2. The van der Waals surface area contributed by atoms with Crippen LogP contribution in [-0.4, -0.2) is 20.9 Å². The van der Waals surface area contributed by atoms with E-state index in [1.54, 1.807) is 4.68 Å². The third kappa shape index (κ3) is 3.13. The topological polar surface area (TPSA) is 59.8 Å². The first-order valence-corrected chi connectivity index (χ1v) is 7.57. The number of aromatic nitrogens is 3. The van der Waals surface area contributed by atoms with Gasteiger partial charge in [0.2, 0.25) is 5.91 Å². The third-order valence-corrected chi connectivity index (χ3v) is 3.66. The van der Waals surface area contributed by atoms with Crippen LogP contribution in [0.2, 0.25) is 0 Å². The maximum absolute atomic E-state index is 11.4. The molecule has 5 heteroatoms. The fourth-order valence-corrected chi connectivity index (χ4v) is 2.37. The van der Waals surface area contributed by atoms with Gasteiger partial charge in [-0.2, -0.15) is 0 Å². The molecule has 0 saturated carbocycles. The molecule has 0 aliphatic heterocycles. The fourth-order valence-electron chi connectivity index (χ4n) is 2.37. The monoisotopic (exact) mass is 306 g/mol. The SMILES string of the molecule is CCC(=O)Nc1ccc(-n2nnc(-c3ccccc3)c2C)cc1. The van der Waals surface area contributed by atoms with Gasteiger partial charge in [0.1, 0.15) is 5.69 Å². The van der Waals surface area contributed by atoms with Gasteiger partial charge < -0.3 is 5.32 Å². The van der Waals surface area contributed by atoms with Crippen molar-refractivity contribution in [1.29, 1.82) is 0 Å². The largest absolute Gasteiger partial charge is 0.326 e. The Morgan fingerprint density at radius 1 is 1.09 bits per heavy atom. The summed E-state index contributed by atoms with van der Waals surface area (Å²) >= 11 is 0. The number of anilines is 1. The van der Waals surface area contributed by atoms with Crippen molar-refractivity contribution in [3.05, 3.63) is 60.3 Å². The molecular weight excluding hydrogens is 288 g/mol. The molecule has 0 unspecified atom stereocenters. The molecule has 0 saturated heterocycles. The van der Waals surface area contributed by atoms with Crippen LogP contribution in [0.1, 0.15) is 19.0 Å². The van der Waals surface area contributed by atoms with Crippen LogP contribution in [0.15, 0.2) is 54.6 Å². The molecule has 23 heavy (non-hydrogen) atoms. The second-order valence-electron chi connectivity index (χ2n) is 5.25. The standard InChI is InChI=1S/C18H18N4O/c1-3-17(23)19-15-9-11-16(12-10-15)22-13(2)18(20-21-22)14-7-5-4-6-8-14/h4-12H,3H2,1-2H3,(H,19,23). The van der Waals surface area contributed by atoms with Gasteiger partial charge >= 0.3 is 0 Å². The second kappa shape index (κ2) is 6.44. The van der Waals surface area contributed by atoms with Crippen molar-refractivity contribution in [2.24, 2.45) is 0 Å². The summed E-state index contributed by atoms with van der Waals surface area (Å²) < 4.78 is 1.80. The van der Waals surface area contributed by atoms with Crippen LogP contribution in [0.5, 0.6) is 0 Å². The molecular formula is C18H18N4O. The van der Waals surface area contributed by atoms with Gasteiger partial charge in [-0.25, -0.2) is 4.68 Å². The smallest absolute Gasteiger partial charge is 0.224 e. The Morgan fingerprint density at radius 2 is 1.78 bits per heavy atom. The lowest BCUT2D eigenvalue weighted by atomic mass is 10.1. The minimum absolute atomic E-state index is 0.000972. The minimum Gasteiger partial charge on any atom is -0.326 e. The van der Waals surface area contributed by atoms with Gasteiger partial charge in [0.05, 0.1) is 11.4 Å². The second-order valence-corrected chi connectivity index (χ2v) is 5.25. The van der Waals surface area contributed by atoms with Gasteiger partial charge in [0.15, 0.2) is 0 Å². The summed E-state index contributed by atoms with van der Waals surface area (Å²) in [5.74, 6) is 0.000972. The van der Waals surface area contributed by atoms with Crippen LogP contribution in [0.25, 0.3) is 16.9 Å². The predicted molar refractivity (Wildman–Crippen MR) is 90.5 cm³/mol. The van der Waals surface area contributed by atoms with E-state index in [2.05, 4.69) is 15.6 Å². The van der Waals surface area contributed by atoms with Gasteiger partial charge in [0.25, 0.3) is 0 Å². The fraction of sp³-hybridized carbons (Fsp3) is 0.167. The van der Waals surface area contributed by atoms with Crippen molar-refractivity contribution in [3.8, 4) is 16.9 Å². The van der Waals surface area contributed by atoms with E-state index in [4.69, 9.17) is 0 Å². The molecule has 0 atom stereocenters. The zero-order valence-corrected chi connectivity index (χ0v) is 13.2. The van der Waals surface area contributed by atoms with E-state index < -0.39 is 0 Å². The van der Waals surface area contributed by atoms with Gasteiger partial charge in [-0.15, -0.1) is 5.10 Å². The first-order chi connectivity index (χ1) is 11.2. The number of amides is 1. The summed E-state index contributed by atoms with van der Waals surface area (Å²) in [6.07, 6.45) is 0.463. The quantitative estimate of drug-likeness (QED) is 0.801. The molecule has 116 valence electrons. The summed E-state index contributed by atoms with van der Waals surface area (Å²) in [7, 11) is 0. The van der Waals surface area contributed by atoms with Crippen molar-refractivity contribution in [3.63, 3.8) is 0 Å². The lowest BCUT2D eigenvalue weighted by molar-refractivity contribution is -0.115. The van der Waals surface area contributed by atoms with Crippen LogP contribution in [0, 0.1) is 6.92 Å². The number of hydrogen-bond acceptors (Lipinski definition) is 3. The van der Waals surface area contributed by atoms with Crippen molar-refractivity contribution < 1.29 is 4.79 Å². The first-order valence-electron chi connectivity index (χ1n) is 7.57. The molecule has 1 N–H and O–H groups in total. The van der Waals surface area contributed by atoms with Gasteiger partial charge in [0, 0.05) is 17.7 Å². The van der Waals surface area contributed by atoms with Crippen molar-refractivity contribution in [1.82, 2.24) is 15.0 Å². The molecule has 0 bridgehead atoms. The molecule has 0 fully saturated rings. The van der Waals surface area contributed by atoms with Gasteiger partial charge in [-0.3, -0.25) is 4.79 Å². The molecule has 2 aromatic carbocycles. The Hall–Kier alpha value is -2.95. The lowest BCUT2D eigenvalue weighted by Gasteiger charge is -2.07. The van der Waals surface area contributed by atoms with E-state index in [9.17, 15) is 4.79 Å². The van der Waals surface area contributed by atoms with Crippen molar-refractivity contribution in [2.75, 3.05) is 5.32 Å². The molecule has 0 aliphatic carbocycles. The third-order valence-electron chi connectivity index (χ3n) is 3.66. The Kier molecular flexibility index (Phi) is 4.19. The highest BCUT2D eigenvalue weighted by Crippen LogP contribution is 2.22. The molecule has 3 rings (SSSR count). The zero-order chi connectivity index (χ0) is 16.2. The van der Waals surface area contributed by atoms with Crippen LogP contribution in [-0.2, 0) is 4.79 Å². The minimum atomic E-state index is 0.000972. The average molecular weight is 306 g/mol. The van der Waals surface area contributed by atoms with Crippen molar-refractivity contribution >= 4 is 11.6 Å². The number of carbonyl (C=O) groups is 1. The Labute approximate surface area is 135 Å². The lowest BCUT2D eigenvalue weighted by Crippen LogP contribution is -2.09. The summed E-state index contributed by atoms with van der Waals surface area (Å²) in [5, 5.41) is 11.4. The molecule has 1 aromatic heterocycles. The molecule has 1 heterocycles. The Morgan fingerprint density at radius 3 is 2.43 bits per heavy atom. The van der Waals surface area contributed by atoms with E-state index in [1.807, 2.05) is 68.4 Å². The van der Waals surface area contributed by atoms with E-state index >= 15 is 0 Å². The summed E-state index contributed by atoms with van der Waals surface area (Å²) in [6, 6.07) is 17.6. The zero-order valence-electron chi connectivity index (χ0n) is 13.2. The van der Waals surface area contributed by atoms with Crippen molar-refractivity contribution in [2.45, 2.75) is 20.3 Å².